The lowest BCUT2D eigenvalue weighted by Gasteiger charge is -2.35. The Morgan fingerprint density at radius 3 is 2.61 bits per heavy atom. The summed E-state index contributed by atoms with van der Waals surface area (Å²) in [6.45, 7) is 11.0. The zero-order chi connectivity index (χ0) is 43.6. The number of aromatic nitrogens is 2. The molecule has 334 valence electrons. The van der Waals surface area contributed by atoms with Gasteiger partial charge in [0.1, 0.15) is 41.8 Å². The fourth-order valence-corrected chi connectivity index (χ4v) is 10.2. The summed E-state index contributed by atoms with van der Waals surface area (Å²) in [6.07, 6.45) is 10.9. The van der Waals surface area contributed by atoms with E-state index in [1.54, 1.807) is 35.5 Å². The van der Waals surface area contributed by atoms with Crippen LogP contribution in [-0.4, -0.2) is 89.2 Å². The van der Waals surface area contributed by atoms with Crippen LogP contribution in [0.5, 0.6) is 17.4 Å². The zero-order valence-corrected chi connectivity index (χ0v) is 37.4. The van der Waals surface area contributed by atoms with E-state index in [9.17, 15) is 14.4 Å². The molecule has 2 aromatic heterocycles. The van der Waals surface area contributed by atoms with Gasteiger partial charge in [-0.05, 0) is 80.8 Å². The van der Waals surface area contributed by atoms with Crippen LogP contribution in [0.15, 0.2) is 36.2 Å². The minimum Gasteiger partial charge on any atom is -0.496 e. The van der Waals surface area contributed by atoms with E-state index in [1.165, 1.54) is 12.8 Å². The molecule has 5 atom stereocenters. The van der Waals surface area contributed by atoms with Gasteiger partial charge >= 0.3 is 6.09 Å². The Bertz CT molecular complexity index is 2170. The third-order valence-corrected chi connectivity index (χ3v) is 14.3. The van der Waals surface area contributed by atoms with Gasteiger partial charge in [-0.1, -0.05) is 52.0 Å². The largest absolute Gasteiger partial charge is 0.496 e. The highest BCUT2D eigenvalue weighted by atomic mass is 32.1. The normalized spacial score (nSPS) is 26.7. The number of carbonyl (C=O) groups is 4. The summed E-state index contributed by atoms with van der Waals surface area (Å²) in [5.41, 5.74) is 0.848. The van der Waals surface area contributed by atoms with Gasteiger partial charge in [0.2, 0.25) is 23.6 Å². The summed E-state index contributed by atoms with van der Waals surface area (Å²) in [7, 11) is 1.64. The Balaban J connectivity index is 1.15. The number of rotatable bonds is 12. The van der Waals surface area contributed by atoms with Crippen molar-refractivity contribution in [1.82, 2.24) is 30.8 Å². The van der Waals surface area contributed by atoms with Crippen LogP contribution in [0, 0.1) is 30.1 Å². The summed E-state index contributed by atoms with van der Waals surface area (Å²) in [5, 5.41) is 12.8. The molecule has 4 amide bonds. The summed E-state index contributed by atoms with van der Waals surface area (Å²) in [4.78, 5) is 68.2. The van der Waals surface area contributed by atoms with Gasteiger partial charge in [0.15, 0.2) is 0 Å². The zero-order valence-electron chi connectivity index (χ0n) is 36.6. The molecular weight excluding hydrogens is 809 g/mol. The minimum absolute atomic E-state index is 0.0660. The molecule has 5 aliphatic rings. The monoisotopic (exact) mass is 870 g/mol. The van der Waals surface area contributed by atoms with Crippen LogP contribution >= 0.6 is 11.3 Å². The molecule has 1 unspecified atom stereocenters. The number of thiazole rings is 1. The summed E-state index contributed by atoms with van der Waals surface area (Å²) >= 11 is 1.55. The van der Waals surface area contributed by atoms with E-state index in [4.69, 9.17) is 23.9 Å². The molecule has 1 saturated heterocycles. The molecule has 0 radical (unpaired) electrons. The van der Waals surface area contributed by atoms with Crippen molar-refractivity contribution in [1.29, 1.82) is 0 Å². The first kappa shape index (κ1) is 43.7. The van der Waals surface area contributed by atoms with E-state index in [1.807, 2.05) is 24.4 Å². The molecule has 4 heterocycles. The van der Waals surface area contributed by atoms with Crippen molar-refractivity contribution >= 4 is 46.1 Å². The molecular formula is C47H62N6O8S. The van der Waals surface area contributed by atoms with Gasteiger partial charge in [-0.25, -0.2) is 14.8 Å². The van der Waals surface area contributed by atoms with Gasteiger partial charge in [0, 0.05) is 41.8 Å². The molecule has 1 aromatic carbocycles. The Morgan fingerprint density at radius 1 is 1.10 bits per heavy atom. The lowest BCUT2D eigenvalue weighted by molar-refractivity contribution is -0.142. The average molecular weight is 871 g/mol. The number of fused-ring (bicyclic) bond motifs is 3. The van der Waals surface area contributed by atoms with Crippen molar-refractivity contribution in [2.24, 2.45) is 23.2 Å². The van der Waals surface area contributed by atoms with Crippen molar-refractivity contribution in [2.75, 3.05) is 26.8 Å². The van der Waals surface area contributed by atoms with Gasteiger partial charge < -0.3 is 39.8 Å². The van der Waals surface area contributed by atoms with Gasteiger partial charge in [0.25, 0.3) is 0 Å². The average Bonchev–Trinajstić information content (AvgIpc) is 4.13. The first-order chi connectivity index (χ1) is 29.8. The number of ether oxygens (including phenoxy) is 4. The maximum atomic E-state index is 15.1. The number of nitrogens with one attached hydrogen (secondary N) is 3. The summed E-state index contributed by atoms with van der Waals surface area (Å²) in [5.74, 6) is 0.711. The van der Waals surface area contributed by atoms with Crippen LogP contribution in [0.4, 0.5) is 4.79 Å². The van der Waals surface area contributed by atoms with Crippen molar-refractivity contribution < 1.29 is 38.1 Å². The van der Waals surface area contributed by atoms with Gasteiger partial charge in [-0.15, -0.1) is 17.9 Å². The molecule has 14 nitrogen and oxygen atoms in total. The first-order valence-corrected chi connectivity index (χ1v) is 23.4. The number of cyclic esters (lactones) is 1. The predicted octanol–water partition coefficient (Wildman–Crippen LogP) is 6.95. The molecule has 3 aliphatic carbocycles. The van der Waals surface area contributed by atoms with Crippen LogP contribution in [0.2, 0.25) is 0 Å². The number of benzene rings is 1. The summed E-state index contributed by atoms with van der Waals surface area (Å²) in [6, 6.07) is 3.80. The smallest absolute Gasteiger partial charge is 0.407 e. The number of alkyl carbamates (subject to hydrolysis) is 1. The fourth-order valence-electron chi connectivity index (χ4n) is 9.56. The van der Waals surface area contributed by atoms with Gasteiger partial charge in [-0.2, -0.15) is 0 Å². The second-order valence-corrected chi connectivity index (χ2v) is 19.9. The Labute approximate surface area is 368 Å². The molecule has 0 spiro atoms. The number of carbonyl (C=O) groups excluding carboxylic acids is 4. The number of pyridine rings is 1. The van der Waals surface area contributed by atoms with Crippen LogP contribution in [-0.2, 0) is 32.1 Å². The number of nitrogens with zero attached hydrogens (tertiary/aromatic N) is 3. The Hall–Kier alpha value is -4.92. The van der Waals surface area contributed by atoms with Crippen molar-refractivity contribution in [3.05, 3.63) is 52.5 Å². The van der Waals surface area contributed by atoms with E-state index in [2.05, 4.69) is 41.4 Å². The van der Waals surface area contributed by atoms with Crippen molar-refractivity contribution in [3.8, 4) is 17.4 Å². The number of hydrogen-bond donors (Lipinski definition) is 3. The topological polar surface area (TPSA) is 170 Å². The molecule has 62 heavy (non-hydrogen) atoms. The standard InChI is InChI=1S/C47H62N6O8S/c1-6-32-23-47(32,44(56)48-18-16-29-14-15-29)52-42(54)37-20-34-24-53(37)43(55)41(30-11-8-7-9-12-30)51-45(57)60-27-46(3,4)17-10-13-31-19-35-36(21-38(31)58-5)50-40(22-39(35)61-34)59-25-33-26-62-28(2)49-33/h6,19,21-22,26,29-30,32,34,37,41H,1,7-18,20,23-25,27H2,2-5H3,(H,48,56)(H,51,57)(H,52,54)/t32?,34-,37+,41+,47-/m1/s1. The van der Waals surface area contributed by atoms with Crippen molar-refractivity contribution in [3.63, 3.8) is 0 Å². The maximum Gasteiger partial charge on any atom is 0.407 e. The molecule has 3 aromatic rings. The minimum atomic E-state index is -1.15. The lowest BCUT2D eigenvalue weighted by Crippen LogP contribution is -2.59. The third-order valence-electron chi connectivity index (χ3n) is 13.5. The number of amides is 4. The highest BCUT2D eigenvalue weighted by Crippen LogP contribution is 2.45. The van der Waals surface area contributed by atoms with Crippen LogP contribution in [0.25, 0.3) is 10.9 Å². The molecule has 8 rings (SSSR count). The number of methoxy groups -OCH3 is 1. The molecule has 3 N–H and O–H groups in total. The highest BCUT2D eigenvalue weighted by molar-refractivity contribution is 7.09. The second-order valence-electron chi connectivity index (χ2n) is 18.9. The molecule has 15 heteroatoms. The van der Waals surface area contributed by atoms with Crippen LogP contribution < -0.4 is 30.2 Å². The SMILES string of the molecule is C=CC1C[C@]1(NC(=O)[C@@H]1C[C@@H]2CN1C(=O)[C@H](C1CCCCC1)NC(=O)OCC(C)(C)CCCc1cc3c(cc(OCc4csc(C)n4)nc3cc1OC)O2)C(=O)NCCC1CC1. The van der Waals surface area contributed by atoms with E-state index in [-0.39, 0.29) is 55.2 Å². The fraction of sp³-hybridized carbons (Fsp3) is 0.617. The van der Waals surface area contributed by atoms with E-state index in [0.717, 1.165) is 73.0 Å². The lowest BCUT2D eigenvalue weighted by atomic mass is 9.83. The Morgan fingerprint density at radius 2 is 1.90 bits per heavy atom. The van der Waals surface area contributed by atoms with Crippen molar-refractivity contribution in [2.45, 2.75) is 135 Å². The van der Waals surface area contributed by atoms with E-state index >= 15 is 4.79 Å². The van der Waals surface area contributed by atoms with Crippen LogP contribution in [0.1, 0.15) is 107 Å². The van der Waals surface area contributed by atoms with Gasteiger partial charge in [0.05, 0.1) is 36.5 Å². The number of hydrogen-bond acceptors (Lipinski definition) is 11. The quantitative estimate of drug-likeness (QED) is 0.162. The van der Waals surface area contributed by atoms with Gasteiger partial charge in [-0.3, -0.25) is 14.4 Å². The highest BCUT2D eigenvalue weighted by Gasteiger charge is 2.61. The molecule has 4 fully saturated rings. The number of aryl methyl sites for hydroxylation is 2. The maximum absolute atomic E-state index is 15.1. The predicted molar refractivity (Wildman–Crippen MR) is 235 cm³/mol. The van der Waals surface area contributed by atoms with E-state index < -0.39 is 35.7 Å². The molecule has 3 saturated carbocycles. The second kappa shape index (κ2) is 18.4. The first-order valence-electron chi connectivity index (χ1n) is 22.5. The van der Waals surface area contributed by atoms with E-state index in [0.29, 0.717) is 48.2 Å². The van der Waals surface area contributed by atoms with Crippen LogP contribution in [0.3, 0.4) is 0 Å². The molecule has 4 bridgehead atoms. The summed E-state index contributed by atoms with van der Waals surface area (Å²) < 4.78 is 24.9. The third kappa shape index (κ3) is 9.97. The molecule has 2 aliphatic heterocycles. The Kier molecular flexibility index (Phi) is 13.0.